The molecular formula is C12H11ClN4O2. The van der Waals surface area contributed by atoms with Crippen LogP contribution in [-0.4, -0.2) is 16.2 Å². The Bertz CT molecular complexity index is 666. The molecule has 0 saturated carbocycles. The molecule has 0 fully saturated rings. The van der Waals surface area contributed by atoms with Crippen molar-refractivity contribution in [2.75, 3.05) is 5.01 Å². The molecule has 1 heterocycles. The minimum atomic E-state index is -0.419. The fraction of sp³-hybridized carbons (Fsp3) is 0.0833. The molecule has 1 amide bonds. The van der Waals surface area contributed by atoms with Gasteiger partial charge < -0.3 is 0 Å². The van der Waals surface area contributed by atoms with Gasteiger partial charge in [0.15, 0.2) is 0 Å². The minimum Gasteiger partial charge on any atom is -0.286 e. The summed E-state index contributed by atoms with van der Waals surface area (Å²) in [5.41, 5.74) is 0.912. The van der Waals surface area contributed by atoms with Gasteiger partial charge in [-0.3, -0.25) is 9.59 Å². The highest BCUT2D eigenvalue weighted by molar-refractivity contribution is 6.30. The maximum Gasteiger partial charge on any atom is 0.229 e. The lowest BCUT2D eigenvalue weighted by molar-refractivity contribution is -0.107. The van der Waals surface area contributed by atoms with Crippen molar-refractivity contribution in [1.29, 1.82) is 0 Å². The Hall–Kier alpha value is -2.18. The predicted octanol–water partition coefficient (Wildman–Crippen LogP) is 1.03. The van der Waals surface area contributed by atoms with E-state index >= 15 is 0 Å². The van der Waals surface area contributed by atoms with Crippen LogP contribution in [0.5, 0.6) is 0 Å². The number of carbonyl (C=O) groups is 1. The van der Waals surface area contributed by atoms with Crippen molar-refractivity contribution in [3.05, 3.63) is 51.3 Å². The molecule has 2 rings (SSSR count). The summed E-state index contributed by atoms with van der Waals surface area (Å²) in [6.07, 6.45) is 0.325. The summed E-state index contributed by atoms with van der Waals surface area (Å²) in [6.45, 7) is 1.73. The molecule has 0 bridgehead atoms. The van der Waals surface area contributed by atoms with Crippen LogP contribution in [0.1, 0.15) is 5.69 Å². The van der Waals surface area contributed by atoms with Crippen LogP contribution < -0.4 is 16.3 Å². The first-order valence-corrected chi connectivity index (χ1v) is 5.77. The van der Waals surface area contributed by atoms with Gasteiger partial charge in [0.1, 0.15) is 0 Å². The molecule has 0 spiro atoms. The van der Waals surface area contributed by atoms with E-state index in [0.717, 1.165) is 0 Å². The maximum absolute atomic E-state index is 11.7. The van der Waals surface area contributed by atoms with Gasteiger partial charge in [-0.25, -0.2) is 15.5 Å². The molecule has 19 heavy (non-hydrogen) atoms. The van der Waals surface area contributed by atoms with Crippen molar-refractivity contribution >= 4 is 23.8 Å². The van der Waals surface area contributed by atoms with Gasteiger partial charge in [-0.05, 0) is 31.2 Å². The van der Waals surface area contributed by atoms with Crippen molar-refractivity contribution in [1.82, 2.24) is 9.78 Å². The third-order valence-corrected chi connectivity index (χ3v) is 2.77. The molecule has 0 aliphatic carbocycles. The van der Waals surface area contributed by atoms with Gasteiger partial charge in [-0.2, -0.15) is 0 Å². The summed E-state index contributed by atoms with van der Waals surface area (Å²) in [5, 5.41) is 5.31. The molecule has 0 atom stereocenters. The third-order valence-electron chi connectivity index (χ3n) is 2.52. The van der Waals surface area contributed by atoms with Crippen LogP contribution in [0, 0.1) is 6.92 Å². The second-order valence-electron chi connectivity index (χ2n) is 3.87. The Morgan fingerprint density at radius 1 is 1.37 bits per heavy atom. The van der Waals surface area contributed by atoms with Crippen molar-refractivity contribution in [2.45, 2.75) is 6.92 Å². The van der Waals surface area contributed by atoms with Crippen LogP contribution in [0.15, 0.2) is 35.1 Å². The lowest BCUT2D eigenvalue weighted by Gasteiger charge is -2.14. The Kier molecular flexibility index (Phi) is 3.64. The van der Waals surface area contributed by atoms with Gasteiger partial charge in [-0.15, -0.1) is 5.10 Å². The number of halogens is 1. The van der Waals surface area contributed by atoms with E-state index < -0.39 is 5.43 Å². The number of aromatic nitrogens is 2. The molecule has 0 aliphatic heterocycles. The van der Waals surface area contributed by atoms with E-state index in [4.69, 9.17) is 17.4 Å². The summed E-state index contributed by atoms with van der Waals surface area (Å²) in [4.78, 5) is 22.3. The predicted molar refractivity (Wildman–Crippen MR) is 72.3 cm³/mol. The van der Waals surface area contributed by atoms with Gasteiger partial charge >= 0.3 is 0 Å². The monoisotopic (exact) mass is 278 g/mol. The van der Waals surface area contributed by atoms with E-state index in [1.54, 1.807) is 31.2 Å². The van der Waals surface area contributed by atoms with Gasteiger partial charge in [-0.1, -0.05) is 11.6 Å². The van der Waals surface area contributed by atoms with E-state index in [2.05, 4.69) is 5.10 Å². The quantitative estimate of drug-likeness (QED) is 0.393. The highest BCUT2D eigenvalue weighted by Crippen LogP contribution is 2.14. The zero-order chi connectivity index (χ0) is 14.0. The first-order valence-electron chi connectivity index (χ1n) is 5.39. The summed E-state index contributed by atoms with van der Waals surface area (Å²) < 4.78 is 1.51. The first-order chi connectivity index (χ1) is 9.02. The van der Waals surface area contributed by atoms with Gasteiger partial charge in [0.2, 0.25) is 17.7 Å². The van der Waals surface area contributed by atoms with E-state index in [1.165, 1.54) is 10.7 Å². The highest BCUT2D eigenvalue weighted by Gasteiger charge is 2.11. The topological polar surface area (TPSA) is 81.2 Å². The molecule has 6 nitrogen and oxygen atoms in total. The average molecular weight is 279 g/mol. The molecule has 7 heteroatoms. The lowest BCUT2D eigenvalue weighted by atomic mass is 10.3. The Balaban J connectivity index is 2.60. The molecule has 0 aliphatic rings. The molecule has 1 aromatic heterocycles. The summed E-state index contributed by atoms with van der Waals surface area (Å²) in [6, 6.07) is 8.27. The van der Waals surface area contributed by atoms with E-state index in [1.807, 2.05) is 0 Å². The Morgan fingerprint density at radius 2 is 2.00 bits per heavy atom. The molecule has 98 valence electrons. The number of nitrogens with two attached hydrogens (primary N) is 1. The van der Waals surface area contributed by atoms with Gasteiger partial charge in [0, 0.05) is 16.8 Å². The molecule has 2 aromatic rings. The average Bonchev–Trinajstić information content (AvgIpc) is 2.39. The second kappa shape index (κ2) is 5.21. The highest BCUT2D eigenvalue weighted by atomic mass is 35.5. The minimum absolute atomic E-state index is 0.143. The van der Waals surface area contributed by atoms with Crippen LogP contribution in [-0.2, 0) is 4.79 Å². The number of aryl methyl sites for hydroxylation is 1. The van der Waals surface area contributed by atoms with Crippen molar-refractivity contribution in [3.8, 4) is 5.69 Å². The van der Waals surface area contributed by atoms with E-state index in [0.29, 0.717) is 27.8 Å². The SMILES string of the molecule is Cc1cc(=O)c(N(N)C=O)nn1-c1ccc(Cl)cc1. The molecular weight excluding hydrogens is 268 g/mol. The summed E-state index contributed by atoms with van der Waals surface area (Å²) in [5.74, 6) is 5.24. The summed E-state index contributed by atoms with van der Waals surface area (Å²) in [7, 11) is 0. The van der Waals surface area contributed by atoms with Crippen LogP contribution in [0.2, 0.25) is 5.02 Å². The van der Waals surface area contributed by atoms with Crippen molar-refractivity contribution in [2.24, 2.45) is 5.84 Å². The second-order valence-corrected chi connectivity index (χ2v) is 4.31. The number of benzene rings is 1. The first kappa shape index (κ1) is 13.3. The largest absolute Gasteiger partial charge is 0.286 e. The fourth-order valence-electron chi connectivity index (χ4n) is 1.61. The molecule has 0 saturated heterocycles. The van der Waals surface area contributed by atoms with Gasteiger partial charge in [0.25, 0.3) is 0 Å². The van der Waals surface area contributed by atoms with Crippen molar-refractivity contribution < 1.29 is 4.79 Å². The Morgan fingerprint density at radius 3 is 2.58 bits per heavy atom. The molecule has 0 unspecified atom stereocenters. The van der Waals surface area contributed by atoms with Crippen LogP contribution in [0.3, 0.4) is 0 Å². The van der Waals surface area contributed by atoms with Crippen LogP contribution in [0.25, 0.3) is 5.69 Å². The molecule has 0 radical (unpaired) electrons. The molecule has 1 aromatic carbocycles. The number of rotatable bonds is 3. The van der Waals surface area contributed by atoms with Gasteiger partial charge in [0.05, 0.1) is 5.69 Å². The third kappa shape index (κ3) is 2.64. The van der Waals surface area contributed by atoms with Crippen LogP contribution >= 0.6 is 11.6 Å². The van der Waals surface area contributed by atoms with Crippen LogP contribution in [0.4, 0.5) is 5.82 Å². The fourth-order valence-corrected chi connectivity index (χ4v) is 1.74. The smallest absolute Gasteiger partial charge is 0.229 e. The molecule has 2 N–H and O–H groups in total. The maximum atomic E-state index is 11.7. The number of hydrogen-bond acceptors (Lipinski definition) is 4. The lowest BCUT2D eigenvalue weighted by Crippen LogP contribution is -2.35. The standard InChI is InChI=1S/C12H11ClN4O2/c1-8-6-11(19)12(16(14)7-18)15-17(8)10-4-2-9(13)3-5-10/h2-7H,14H2,1H3. The Labute approximate surface area is 114 Å². The number of nitrogens with zero attached hydrogens (tertiary/aromatic N) is 3. The number of carbonyl (C=O) groups excluding carboxylic acids is 1. The number of hydrazine groups is 1. The number of hydrogen-bond donors (Lipinski definition) is 1. The summed E-state index contributed by atoms with van der Waals surface area (Å²) >= 11 is 5.81. The normalized spacial score (nSPS) is 10.3. The van der Waals surface area contributed by atoms with Crippen molar-refractivity contribution in [3.63, 3.8) is 0 Å². The van der Waals surface area contributed by atoms with E-state index in [-0.39, 0.29) is 5.82 Å². The number of amides is 1. The zero-order valence-corrected chi connectivity index (χ0v) is 10.8. The number of anilines is 1. The zero-order valence-electron chi connectivity index (χ0n) is 10.1. The van der Waals surface area contributed by atoms with E-state index in [9.17, 15) is 9.59 Å².